The van der Waals surface area contributed by atoms with Crippen LogP contribution in [0.25, 0.3) is 0 Å². The van der Waals surface area contributed by atoms with E-state index in [0.717, 1.165) is 45.8 Å². The third-order valence-electron chi connectivity index (χ3n) is 6.08. The molecule has 132 valence electrons. The van der Waals surface area contributed by atoms with Gasteiger partial charge in [0.15, 0.2) is 0 Å². The molecule has 4 heterocycles. The molecule has 1 N–H and O–H groups in total. The largest absolute Gasteiger partial charge is 0.377 e. The number of carbonyl (C=O) groups excluding carboxylic acids is 1. The van der Waals surface area contributed by atoms with Crippen LogP contribution >= 0.6 is 0 Å². The van der Waals surface area contributed by atoms with Gasteiger partial charge in [0.25, 0.3) is 5.91 Å². The zero-order chi connectivity index (χ0) is 16.4. The standard InChI is InChI=1S/C18H28N4O2/c23-17(16-4-8-19-20-16)22-9-2-5-18(14-22)6-10-21(11-7-18)13-15-3-1-12-24-15/h4,8,15H,1-3,5-7,9-14H2,(H,19,20). The molecular formula is C18H28N4O2. The highest BCUT2D eigenvalue weighted by Gasteiger charge is 2.40. The maximum absolute atomic E-state index is 12.6. The van der Waals surface area contributed by atoms with Crippen LogP contribution in [0.5, 0.6) is 0 Å². The van der Waals surface area contributed by atoms with Crippen molar-refractivity contribution < 1.29 is 9.53 Å². The van der Waals surface area contributed by atoms with Crippen LogP contribution in [0.15, 0.2) is 12.3 Å². The fourth-order valence-electron chi connectivity index (χ4n) is 4.62. The minimum atomic E-state index is 0.105. The number of H-pyrrole nitrogens is 1. The van der Waals surface area contributed by atoms with Gasteiger partial charge in [0.2, 0.25) is 0 Å². The van der Waals surface area contributed by atoms with Gasteiger partial charge >= 0.3 is 0 Å². The minimum absolute atomic E-state index is 0.105. The van der Waals surface area contributed by atoms with Gasteiger partial charge in [-0.15, -0.1) is 0 Å². The smallest absolute Gasteiger partial charge is 0.271 e. The average Bonchev–Trinajstić information content (AvgIpc) is 3.30. The van der Waals surface area contributed by atoms with Crippen molar-refractivity contribution in [2.45, 2.75) is 44.6 Å². The maximum atomic E-state index is 12.6. The van der Waals surface area contributed by atoms with Gasteiger partial charge in [-0.1, -0.05) is 0 Å². The average molecular weight is 332 g/mol. The summed E-state index contributed by atoms with van der Waals surface area (Å²) in [7, 11) is 0. The van der Waals surface area contributed by atoms with Crippen molar-refractivity contribution in [3.05, 3.63) is 18.0 Å². The molecular weight excluding hydrogens is 304 g/mol. The highest BCUT2D eigenvalue weighted by Crippen LogP contribution is 2.40. The number of nitrogens with one attached hydrogen (secondary N) is 1. The molecule has 3 aliphatic rings. The van der Waals surface area contributed by atoms with Gasteiger partial charge in [-0.2, -0.15) is 5.10 Å². The second kappa shape index (κ2) is 6.84. The third kappa shape index (κ3) is 3.35. The molecule has 0 aromatic carbocycles. The van der Waals surface area contributed by atoms with Gasteiger partial charge in [-0.25, -0.2) is 0 Å². The topological polar surface area (TPSA) is 61.5 Å². The Morgan fingerprint density at radius 1 is 1.29 bits per heavy atom. The Morgan fingerprint density at radius 2 is 2.17 bits per heavy atom. The molecule has 0 bridgehead atoms. The number of carbonyl (C=O) groups is 1. The highest BCUT2D eigenvalue weighted by atomic mass is 16.5. The number of piperidine rings is 2. The Morgan fingerprint density at radius 3 is 2.88 bits per heavy atom. The first-order valence-corrected chi connectivity index (χ1v) is 9.37. The summed E-state index contributed by atoms with van der Waals surface area (Å²) < 4.78 is 5.78. The van der Waals surface area contributed by atoms with Crippen LogP contribution in [0.1, 0.15) is 49.0 Å². The van der Waals surface area contributed by atoms with Gasteiger partial charge in [0, 0.05) is 32.4 Å². The second-order valence-corrected chi connectivity index (χ2v) is 7.74. The van der Waals surface area contributed by atoms with Crippen molar-refractivity contribution in [2.75, 3.05) is 39.3 Å². The molecule has 1 unspecified atom stereocenters. The van der Waals surface area contributed by atoms with E-state index >= 15 is 0 Å². The molecule has 1 atom stereocenters. The first-order valence-electron chi connectivity index (χ1n) is 9.37. The van der Waals surface area contributed by atoms with Gasteiger partial charge in [-0.3, -0.25) is 9.89 Å². The van der Waals surface area contributed by atoms with Crippen molar-refractivity contribution in [3.63, 3.8) is 0 Å². The normalized spacial score (nSPS) is 27.7. The molecule has 3 saturated heterocycles. The lowest BCUT2D eigenvalue weighted by molar-refractivity contribution is 0.00577. The van der Waals surface area contributed by atoms with E-state index in [1.165, 1.54) is 32.1 Å². The first kappa shape index (κ1) is 16.1. The Hall–Kier alpha value is -1.40. The van der Waals surface area contributed by atoms with Gasteiger partial charge in [-0.05, 0) is 63.1 Å². The van der Waals surface area contributed by atoms with E-state index in [1.54, 1.807) is 12.3 Å². The fourth-order valence-corrected chi connectivity index (χ4v) is 4.62. The minimum Gasteiger partial charge on any atom is -0.377 e. The predicted molar refractivity (Wildman–Crippen MR) is 90.8 cm³/mol. The Bertz CT molecular complexity index is 545. The molecule has 24 heavy (non-hydrogen) atoms. The van der Waals surface area contributed by atoms with Crippen LogP contribution in [0, 0.1) is 5.41 Å². The SMILES string of the molecule is O=C(c1ccn[nH]1)N1CCCC2(CCN(CC3CCCO3)CC2)C1. The molecule has 3 aliphatic heterocycles. The molecule has 1 spiro atoms. The van der Waals surface area contributed by atoms with E-state index in [0.29, 0.717) is 17.2 Å². The van der Waals surface area contributed by atoms with Crippen LogP contribution < -0.4 is 0 Å². The second-order valence-electron chi connectivity index (χ2n) is 7.74. The zero-order valence-electron chi connectivity index (χ0n) is 14.4. The number of likely N-dealkylation sites (tertiary alicyclic amines) is 2. The van der Waals surface area contributed by atoms with Gasteiger partial charge in [0.1, 0.15) is 5.69 Å². The number of rotatable bonds is 3. The summed E-state index contributed by atoms with van der Waals surface area (Å²) in [5.74, 6) is 0.105. The Kier molecular flexibility index (Phi) is 4.59. The molecule has 0 saturated carbocycles. The third-order valence-corrected chi connectivity index (χ3v) is 6.08. The lowest BCUT2D eigenvalue weighted by atomic mass is 9.72. The molecule has 6 heteroatoms. The maximum Gasteiger partial charge on any atom is 0.271 e. The Labute approximate surface area is 143 Å². The summed E-state index contributed by atoms with van der Waals surface area (Å²) in [6.45, 7) is 6.09. The van der Waals surface area contributed by atoms with E-state index < -0.39 is 0 Å². The number of aromatic nitrogens is 2. The lowest BCUT2D eigenvalue weighted by Gasteiger charge is -2.47. The van der Waals surface area contributed by atoms with Crippen molar-refractivity contribution in [1.82, 2.24) is 20.0 Å². The molecule has 4 rings (SSSR count). The number of nitrogens with zero attached hydrogens (tertiary/aromatic N) is 3. The van der Waals surface area contributed by atoms with Gasteiger partial charge < -0.3 is 14.5 Å². The number of amides is 1. The van der Waals surface area contributed by atoms with Crippen LogP contribution in [-0.2, 0) is 4.74 Å². The molecule has 1 aromatic rings. The van der Waals surface area contributed by atoms with Crippen LogP contribution in [0.4, 0.5) is 0 Å². The highest BCUT2D eigenvalue weighted by molar-refractivity contribution is 5.92. The van der Waals surface area contributed by atoms with E-state index in [1.807, 2.05) is 4.90 Å². The molecule has 0 aliphatic carbocycles. The van der Waals surface area contributed by atoms with Crippen LogP contribution in [-0.4, -0.2) is 71.3 Å². The predicted octanol–water partition coefficient (Wildman–Crippen LogP) is 1.91. The van der Waals surface area contributed by atoms with E-state index in [-0.39, 0.29) is 5.91 Å². The van der Waals surface area contributed by atoms with Crippen molar-refractivity contribution in [3.8, 4) is 0 Å². The molecule has 1 aromatic heterocycles. The van der Waals surface area contributed by atoms with Gasteiger partial charge in [0.05, 0.1) is 6.10 Å². The summed E-state index contributed by atoms with van der Waals surface area (Å²) in [4.78, 5) is 17.2. The monoisotopic (exact) mass is 332 g/mol. The number of hydrogen-bond acceptors (Lipinski definition) is 4. The van der Waals surface area contributed by atoms with Crippen LogP contribution in [0.2, 0.25) is 0 Å². The molecule has 0 radical (unpaired) electrons. The fraction of sp³-hybridized carbons (Fsp3) is 0.778. The molecule has 6 nitrogen and oxygen atoms in total. The summed E-state index contributed by atoms with van der Waals surface area (Å²) in [6.07, 6.45) is 9.31. The number of aromatic amines is 1. The summed E-state index contributed by atoms with van der Waals surface area (Å²) in [5, 5.41) is 6.72. The Balaban J connectivity index is 1.33. The number of hydrogen-bond donors (Lipinski definition) is 1. The zero-order valence-corrected chi connectivity index (χ0v) is 14.4. The quantitative estimate of drug-likeness (QED) is 0.918. The summed E-state index contributed by atoms with van der Waals surface area (Å²) in [6, 6.07) is 1.77. The van der Waals surface area contributed by atoms with Crippen molar-refractivity contribution >= 4 is 5.91 Å². The van der Waals surface area contributed by atoms with Crippen LogP contribution in [0.3, 0.4) is 0 Å². The van der Waals surface area contributed by atoms with E-state index in [2.05, 4.69) is 15.1 Å². The number of ether oxygens (including phenoxy) is 1. The van der Waals surface area contributed by atoms with E-state index in [9.17, 15) is 4.79 Å². The lowest BCUT2D eigenvalue weighted by Crippen LogP contribution is -2.52. The first-order chi connectivity index (χ1) is 11.7. The van der Waals surface area contributed by atoms with Crippen molar-refractivity contribution in [2.24, 2.45) is 5.41 Å². The molecule has 1 amide bonds. The molecule has 3 fully saturated rings. The van der Waals surface area contributed by atoms with E-state index in [4.69, 9.17) is 4.74 Å². The summed E-state index contributed by atoms with van der Waals surface area (Å²) >= 11 is 0. The van der Waals surface area contributed by atoms with Crippen molar-refractivity contribution in [1.29, 1.82) is 0 Å². The summed E-state index contributed by atoms with van der Waals surface area (Å²) in [5.41, 5.74) is 0.934.